The molecule has 8 rings (SSSR count). The van der Waals surface area contributed by atoms with E-state index in [9.17, 15) is 5.26 Å². The van der Waals surface area contributed by atoms with E-state index in [-0.39, 0.29) is 0 Å². The van der Waals surface area contributed by atoms with Crippen molar-refractivity contribution in [1.29, 1.82) is 5.26 Å². The van der Waals surface area contributed by atoms with Gasteiger partial charge in [-0.15, -0.1) is 0 Å². The summed E-state index contributed by atoms with van der Waals surface area (Å²) in [6.07, 6.45) is 0. The summed E-state index contributed by atoms with van der Waals surface area (Å²) in [5.41, 5.74) is 9.87. The van der Waals surface area contributed by atoms with Crippen molar-refractivity contribution in [2.75, 3.05) is 0 Å². The van der Waals surface area contributed by atoms with Crippen molar-refractivity contribution in [1.82, 2.24) is 4.40 Å². The molecule has 0 saturated heterocycles. The average Bonchev–Trinajstić information content (AvgIpc) is 3.48. The van der Waals surface area contributed by atoms with Gasteiger partial charge in [0, 0.05) is 27.1 Å². The molecule has 0 unspecified atom stereocenters. The Morgan fingerprint density at radius 1 is 0.737 bits per heavy atom. The molecule has 5 aromatic carbocycles. The zero-order valence-electron chi connectivity index (χ0n) is 21.0. The molecular weight excluding hydrogens is 466 g/mol. The molecule has 0 aliphatic carbocycles. The van der Waals surface area contributed by atoms with E-state index in [2.05, 4.69) is 83.6 Å². The Labute approximate surface area is 218 Å². The Morgan fingerprint density at radius 2 is 1.47 bits per heavy atom. The SMILES string of the molecule is Cc1cc2c3ccc(C#N)c(-c4ccccc4)c3oc2c2c3ccccc3n3c4ccccc4[n+](C)c3c12. The van der Waals surface area contributed by atoms with Crippen LogP contribution in [-0.4, -0.2) is 4.40 Å². The van der Waals surface area contributed by atoms with Gasteiger partial charge in [-0.25, -0.2) is 4.57 Å². The van der Waals surface area contributed by atoms with E-state index < -0.39 is 0 Å². The molecule has 178 valence electrons. The lowest BCUT2D eigenvalue weighted by atomic mass is 9.95. The van der Waals surface area contributed by atoms with Crippen LogP contribution in [0.4, 0.5) is 0 Å². The minimum Gasteiger partial charge on any atom is -0.455 e. The summed E-state index contributed by atoms with van der Waals surface area (Å²) in [6.45, 7) is 2.19. The van der Waals surface area contributed by atoms with Gasteiger partial charge in [0.25, 0.3) is 5.65 Å². The number of aryl methyl sites for hydroxylation is 2. The summed E-state index contributed by atoms with van der Waals surface area (Å²) in [5, 5.41) is 15.5. The number of hydrogen-bond donors (Lipinski definition) is 0. The van der Waals surface area contributed by atoms with Crippen LogP contribution in [0.5, 0.6) is 0 Å². The maximum absolute atomic E-state index is 9.99. The Bertz CT molecular complexity index is 2320. The smallest absolute Gasteiger partial charge is 0.295 e. The van der Waals surface area contributed by atoms with Crippen LogP contribution in [0.15, 0.2) is 101 Å². The molecule has 38 heavy (non-hydrogen) atoms. The molecule has 0 amide bonds. The monoisotopic (exact) mass is 488 g/mol. The van der Waals surface area contributed by atoms with Gasteiger partial charge in [-0.3, -0.25) is 0 Å². The Hall–Kier alpha value is -5.14. The zero-order chi connectivity index (χ0) is 25.5. The minimum absolute atomic E-state index is 0.611. The van der Waals surface area contributed by atoms with Gasteiger partial charge < -0.3 is 4.42 Å². The maximum atomic E-state index is 9.99. The molecule has 0 N–H and O–H groups in total. The molecule has 4 nitrogen and oxygen atoms in total. The molecule has 3 aromatic heterocycles. The fraction of sp³-hybridized carbons (Fsp3) is 0.0588. The number of para-hydroxylation sites is 3. The van der Waals surface area contributed by atoms with Gasteiger partial charge in [-0.1, -0.05) is 54.6 Å². The molecular formula is C34H22N3O+. The number of hydrogen-bond acceptors (Lipinski definition) is 2. The van der Waals surface area contributed by atoms with Crippen molar-refractivity contribution in [2.24, 2.45) is 7.05 Å². The van der Waals surface area contributed by atoms with Crippen LogP contribution < -0.4 is 4.57 Å². The summed E-state index contributed by atoms with van der Waals surface area (Å²) >= 11 is 0. The van der Waals surface area contributed by atoms with Gasteiger partial charge in [0.2, 0.25) is 0 Å². The van der Waals surface area contributed by atoms with E-state index >= 15 is 0 Å². The number of fused-ring (bicyclic) bond motifs is 12. The topological polar surface area (TPSA) is 45.2 Å². The van der Waals surface area contributed by atoms with Crippen molar-refractivity contribution in [2.45, 2.75) is 6.92 Å². The molecule has 0 saturated carbocycles. The largest absolute Gasteiger partial charge is 0.455 e. The number of aromatic nitrogens is 2. The second-order valence-corrected chi connectivity index (χ2v) is 9.99. The second-order valence-electron chi connectivity index (χ2n) is 9.99. The molecule has 0 bridgehead atoms. The minimum atomic E-state index is 0.611. The van der Waals surface area contributed by atoms with Crippen LogP contribution in [0.1, 0.15) is 11.1 Å². The van der Waals surface area contributed by atoms with E-state index in [1.54, 1.807) is 0 Å². The third-order valence-corrected chi connectivity index (χ3v) is 7.96. The first-order chi connectivity index (χ1) is 18.7. The lowest BCUT2D eigenvalue weighted by molar-refractivity contribution is -0.617. The lowest BCUT2D eigenvalue weighted by Crippen LogP contribution is -2.27. The first kappa shape index (κ1) is 21.0. The van der Waals surface area contributed by atoms with Gasteiger partial charge >= 0.3 is 0 Å². The van der Waals surface area contributed by atoms with E-state index in [0.717, 1.165) is 55.0 Å². The van der Waals surface area contributed by atoms with Crippen molar-refractivity contribution in [3.8, 4) is 17.2 Å². The molecule has 4 heteroatoms. The van der Waals surface area contributed by atoms with Crippen LogP contribution in [0.25, 0.3) is 71.4 Å². The standard InChI is InChI=1S/C34H22N3O/c1-20-18-25-23-17-16-22(19-35)30(21-10-4-3-5-11-21)32(23)38-33(25)31-24-12-6-7-13-26(24)37-28-15-9-8-14-27(28)36(2)34(37)29(20)31/h3-18H,1-2H3/q+1. The van der Waals surface area contributed by atoms with E-state index in [1.165, 1.54) is 22.0 Å². The number of nitrogens with zero attached hydrogens (tertiary/aromatic N) is 3. The van der Waals surface area contributed by atoms with E-state index in [0.29, 0.717) is 5.56 Å². The number of furan rings is 1. The summed E-state index contributed by atoms with van der Waals surface area (Å²) < 4.78 is 11.5. The fourth-order valence-corrected chi connectivity index (χ4v) is 6.36. The number of imidazole rings is 1. The summed E-state index contributed by atoms with van der Waals surface area (Å²) in [7, 11) is 2.14. The van der Waals surface area contributed by atoms with Crippen LogP contribution in [0.3, 0.4) is 0 Å². The van der Waals surface area contributed by atoms with Crippen molar-refractivity contribution >= 4 is 60.3 Å². The van der Waals surface area contributed by atoms with Gasteiger partial charge in [-0.05, 0) is 60.5 Å². The molecule has 8 aromatic rings. The predicted octanol–water partition coefficient (Wildman–Crippen LogP) is 7.97. The number of nitriles is 1. The normalized spacial score (nSPS) is 11.9. The van der Waals surface area contributed by atoms with Crippen molar-refractivity contribution in [3.63, 3.8) is 0 Å². The molecule has 0 fully saturated rings. The third kappa shape index (κ3) is 2.55. The molecule has 0 spiro atoms. The second kappa shape index (κ2) is 7.44. The first-order valence-electron chi connectivity index (χ1n) is 12.8. The summed E-state index contributed by atoms with van der Waals surface area (Å²) in [5.74, 6) is 0. The lowest BCUT2D eigenvalue weighted by Gasteiger charge is -2.08. The predicted molar refractivity (Wildman–Crippen MR) is 153 cm³/mol. The fourth-order valence-electron chi connectivity index (χ4n) is 6.36. The molecule has 0 aliphatic rings. The van der Waals surface area contributed by atoms with E-state index in [4.69, 9.17) is 4.42 Å². The average molecular weight is 489 g/mol. The zero-order valence-corrected chi connectivity index (χ0v) is 21.0. The van der Waals surface area contributed by atoms with Gasteiger partial charge in [0.15, 0.2) is 11.0 Å². The summed E-state index contributed by atoms with van der Waals surface area (Å²) in [6, 6.07) is 35.8. The van der Waals surface area contributed by atoms with Crippen LogP contribution in [-0.2, 0) is 7.05 Å². The highest BCUT2D eigenvalue weighted by molar-refractivity contribution is 6.27. The highest BCUT2D eigenvalue weighted by atomic mass is 16.3. The van der Waals surface area contributed by atoms with Crippen LogP contribution in [0.2, 0.25) is 0 Å². The Morgan fingerprint density at radius 3 is 2.29 bits per heavy atom. The first-order valence-corrected chi connectivity index (χ1v) is 12.8. The summed E-state index contributed by atoms with van der Waals surface area (Å²) in [4.78, 5) is 0. The van der Waals surface area contributed by atoms with Gasteiger partial charge in [0.1, 0.15) is 16.7 Å². The highest BCUT2D eigenvalue weighted by Gasteiger charge is 2.27. The van der Waals surface area contributed by atoms with Gasteiger partial charge in [-0.2, -0.15) is 9.66 Å². The van der Waals surface area contributed by atoms with Crippen molar-refractivity contribution < 1.29 is 8.98 Å². The third-order valence-electron chi connectivity index (χ3n) is 7.96. The highest BCUT2D eigenvalue weighted by Crippen LogP contribution is 2.44. The van der Waals surface area contributed by atoms with Gasteiger partial charge in [0.05, 0.1) is 24.1 Å². The quantitative estimate of drug-likeness (QED) is 0.174. The van der Waals surface area contributed by atoms with E-state index in [1.807, 2.05) is 42.5 Å². The van der Waals surface area contributed by atoms with Crippen molar-refractivity contribution in [3.05, 3.63) is 108 Å². The van der Waals surface area contributed by atoms with Crippen LogP contribution >= 0.6 is 0 Å². The Kier molecular flexibility index (Phi) is 4.11. The number of rotatable bonds is 1. The molecule has 0 atom stereocenters. The molecule has 0 radical (unpaired) electrons. The van der Waals surface area contributed by atoms with Crippen LogP contribution in [0, 0.1) is 18.3 Å². The number of pyridine rings is 1. The maximum Gasteiger partial charge on any atom is 0.295 e. The Balaban J connectivity index is 1.67. The molecule has 3 heterocycles. The molecule has 0 aliphatic heterocycles. The number of benzene rings is 5.